The molecular formula is C8H15NO2. The van der Waals surface area contributed by atoms with Crippen LogP contribution >= 0.6 is 0 Å². The Morgan fingerprint density at radius 1 is 1.73 bits per heavy atom. The summed E-state index contributed by atoms with van der Waals surface area (Å²) in [6.07, 6.45) is 1.97. The number of hydrogen-bond donors (Lipinski definition) is 1. The van der Waals surface area contributed by atoms with Gasteiger partial charge < -0.3 is 10.5 Å². The summed E-state index contributed by atoms with van der Waals surface area (Å²) >= 11 is 0. The summed E-state index contributed by atoms with van der Waals surface area (Å²) in [5, 5.41) is 0. The van der Waals surface area contributed by atoms with E-state index < -0.39 is 6.04 Å². The van der Waals surface area contributed by atoms with E-state index in [9.17, 15) is 4.79 Å². The second-order valence-corrected chi connectivity index (χ2v) is 2.62. The van der Waals surface area contributed by atoms with Gasteiger partial charge in [-0.3, -0.25) is 4.79 Å². The van der Waals surface area contributed by atoms with Crippen LogP contribution in [0.25, 0.3) is 0 Å². The van der Waals surface area contributed by atoms with Crippen LogP contribution in [0.15, 0.2) is 12.7 Å². The zero-order valence-electron chi connectivity index (χ0n) is 7.04. The number of nitrogens with two attached hydrogens (primary N) is 1. The van der Waals surface area contributed by atoms with Crippen molar-refractivity contribution in [1.82, 2.24) is 0 Å². The predicted molar refractivity (Wildman–Crippen MR) is 44.0 cm³/mol. The summed E-state index contributed by atoms with van der Waals surface area (Å²) in [5.74, 6) is -0.361. The fourth-order valence-electron chi connectivity index (χ4n) is 0.595. The summed E-state index contributed by atoms with van der Waals surface area (Å²) in [5.41, 5.74) is 5.43. The van der Waals surface area contributed by atoms with Crippen molar-refractivity contribution < 1.29 is 9.53 Å². The van der Waals surface area contributed by atoms with Crippen molar-refractivity contribution in [3.8, 4) is 0 Å². The maximum absolute atomic E-state index is 10.9. The van der Waals surface area contributed by atoms with Gasteiger partial charge in [-0.2, -0.15) is 0 Å². The SMILES string of the molecule is C=CCC(N)C(=O)OC(C)C. The molecule has 1 atom stereocenters. The van der Waals surface area contributed by atoms with Gasteiger partial charge in [-0.1, -0.05) is 6.08 Å². The van der Waals surface area contributed by atoms with Gasteiger partial charge in [0, 0.05) is 0 Å². The van der Waals surface area contributed by atoms with Crippen molar-refractivity contribution in [3.05, 3.63) is 12.7 Å². The first-order valence-electron chi connectivity index (χ1n) is 3.65. The Bertz CT molecular complexity index is 143. The van der Waals surface area contributed by atoms with Gasteiger partial charge >= 0.3 is 5.97 Å². The minimum Gasteiger partial charge on any atom is -0.462 e. The van der Waals surface area contributed by atoms with E-state index >= 15 is 0 Å². The second kappa shape index (κ2) is 4.91. The first kappa shape index (κ1) is 10.2. The lowest BCUT2D eigenvalue weighted by molar-refractivity contribution is -0.148. The highest BCUT2D eigenvalue weighted by Crippen LogP contribution is 1.96. The van der Waals surface area contributed by atoms with Crippen molar-refractivity contribution in [2.45, 2.75) is 32.4 Å². The van der Waals surface area contributed by atoms with E-state index in [0.29, 0.717) is 6.42 Å². The summed E-state index contributed by atoms with van der Waals surface area (Å²) in [7, 11) is 0. The number of esters is 1. The van der Waals surface area contributed by atoms with Crippen molar-refractivity contribution in [2.24, 2.45) is 5.73 Å². The van der Waals surface area contributed by atoms with Gasteiger partial charge in [0.05, 0.1) is 6.10 Å². The molecule has 0 radical (unpaired) electrons. The molecular weight excluding hydrogens is 142 g/mol. The van der Waals surface area contributed by atoms with Crippen LogP contribution in [0.1, 0.15) is 20.3 Å². The molecule has 0 rings (SSSR count). The summed E-state index contributed by atoms with van der Waals surface area (Å²) in [6, 6.07) is -0.560. The molecule has 64 valence electrons. The molecule has 2 N–H and O–H groups in total. The van der Waals surface area contributed by atoms with Gasteiger partial charge in [0.2, 0.25) is 0 Å². The predicted octanol–water partition coefficient (Wildman–Crippen LogP) is 0.841. The first-order valence-corrected chi connectivity index (χ1v) is 3.65. The van der Waals surface area contributed by atoms with Gasteiger partial charge in [0.1, 0.15) is 6.04 Å². The summed E-state index contributed by atoms with van der Waals surface area (Å²) in [4.78, 5) is 10.9. The largest absolute Gasteiger partial charge is 0.462 e. The van der Waals surface area contributed by atoms with Crippen molar-refractivity contribution in [3.63, 3.8) is 0 Å². The highest BCUT2D eigenvalue weighted by Gasteiger charge is 2.13. The van der Waals surface area contributed by atoms with Crippen LogP contribution < -0.4 is 5.73 Å². The number of ether oxygens (including phenoxy) is 1. The van der Waals surface area contributed by atoms with E-state index in [0.717, 1.165) is 0 Å². The molecule has 0 aromatic carbocycles. The average Bonchev–Trinajstić information content (AvgIpc) is 1.86. The standard InChI is InChI=1S/C8H15NO2/c1-4-5-7(9)8(10)11-6(2)3/h4,6-7H,1,5,9H2,2-3H3. The van der Waals surface area contributed by atoms with Crippen molar-refractivity contribution in [2.75, 3.05) is 0 Å². The number of carbonyl (C=O) groups excluding carboxylic acids is 1. The normalized spacial score (nSPS) is 12.7. The Hall–Kier alpha value is -0.830. The van der Waals surface area contributed by atoms with Crippen LogP contribution in [0.4, 0.5) is 0 Å². The highest BCUT2D eigenvalue weighted by molar-refractivity contribution is 5.75. The van der Waals surface area contributed by atoms with Crippen LogP contribution in [-0.4, -0.2) is 18.1 Å². The molecule has 0 aromatic heterocycles. The minimum absolute atomic E-state index is 0.0987. The van der Waals surface area contributed by atoms with E-state index in [4.69, 9.17) is 10.5 Å². The molecule has 0 aliphatic rings. The van der Waals surface area contributed by atoms with E-state index in [1.54, 1.807) is 19.9 Å². The zero-order valence-corrected chi connectivity index (χ0v) is 7.04. The number of carbonyl (C=O) groups is 1. The fourth-order valence-corrected chi connectivity index (χ4v) is 0.595. The zero-order chi connectivity index (χ0) is 8.85. The van der Waals surface area contributed by atoms with Gasteiger partial charge in [0.25, 0.3) is 0 Å². The maximum Gasteiger partial charge on any atom is 0.323 e. The minimum atomic E-state index is -0.560. The Labute approximate surface area is 67.2 Å². The molecule has 0 amide bonds. The molecule has 0 bridgehead atoms. The molecule has 0 aliphatic heterocycles. The average molecular weight is 157 g/mol. The van der Waals surface area contributed by atoms with Crippen molar-refractivity contribution >= 4 is 5.97 Å². The van der Waals surface area contributed by atoms with E-state index in [2.05, 4.69) is 6.58 Å². The van der Waals surface area contributed by atoms with Gasteiger partial charge in [0.15, 0.2) is 0 Å². The quantitative estimate of drug-likeness (QED) is 0.486. The molecule has 0 heterocycles. The molecule has 0 saturated carbocycles. The van der Waals surface area contributed by atoms with Gasteiger partial charge in [-0.05, 0) is 20.3 Å². The Morgan fingerprint density at radius 2 is 2.27 bits per heavy atom. The lowest BCUT2D eigenvalue weighted by Crippen LogP contribution is -2.33. The third kappa shape index (κ3) is 4.56. The van der Waals surface area contributed by atoms with Crippen molar-refractivity contribution in [1.29, 1.82) is 0 Å². The number of hydrogen-bond acceptors (Lipinski definition) is 3. The molecule has 3 nitrogen and oxygen atoms in total. The highest BCUT2D eigenvalue weighted by atomic mass is 16.5. The van der Waals surface area contributed by atoms with E-state index in [1.807, 2.05) is 0 Å². The molecule has 0 aromatic rings. The number of rotatable bonds is 4. The van der Waals surface area contributed by atoms with Gasteiger partial charge in [-0.25, -0.2) is 0 Å². The monoisotopic (exact) mass is 157 g/mol. The lowest BCUT2D eigenvalue weighted by atomic mass is 10.2. The Kier molecular flexibility index (Phi) is 4.54. The summed E-state index contributed by atoms with van der Waals surface area (Å²) < 4.78 is 4.85. The molecule has 0 aliphatic carbocycles. The lowest BCUT2D eigenvalue weighted by Gasteiger charge is -2.11. The van der Waals surface area contributed by atoms with Gasteiger partial charge in [-0.15, -0.1) is 6.58 Å². The van der Waals surface area contributed by atoms with E-state index in [-0.39, 0.29) is 12.1 Å². The van der Waals surface area contributed by atoms with Crippen LogP contribution in [0.5, 0.6) is 0 Å². The Morgan fingerprint density at radius 3 is 2.64 bits per heavy atom. The third-order valence-corrected chi connectivity index (χ3v) is 1.08. The molecule has 11 heavy (non-hydrogen) atoms. The first-order chi connectivity index (χ1) is 5.07. The topological polar surface area (TPSA) is 52.3 Å². The fraction of sp³-hybridized carbons (Fsp3) is 0.625. The Balaban J connectivity index is 3.72. The molecule has 0 fully saturated rings. The summed E-state index contributed by atoms with van der Waals surface area (Å²) in [6.45, 7) is 7.05. The van der Waals surface area contributed by atoms with Crippen LogP contribution in [0.3, 0.4) is 0 Å². The van der Waals surface area contributed by atoms with Crippen LogP contribution in [0.2, 0.25) is 0 Å². The maximum atomic E-state index is 10.9. The molecule has 3 heteroatoms. The van der Waals surface area contributed by atoms with Crippen LogP contribution in [0, 0.1) is 0 Å². The van der Waals surface area contributed by atoms with E-state index in [1.165, 1.54) is 0 Å². The molecule has 0 saturated heterocycles. The smallest absolute Gasteiger partial charge is 0.323 e. The second-order valence-electron chi connectivity index (χ2n) is 2.62. The molecule has 1 unspecified atom stereocenters. The van der Waals surface area contributed by atoms with Crippen LogP contribution in [-0.2, 0) is 9.53 Å². The third-order valence-electron chi connectivity index (χ3n) is 1.08. The molecule has 0 spiro atoms.